The molecule has 3 aromatic rings. The van der Waals surface area contributed by atoms with Crippen LogP contribution in [0.1, 0.15) is 38.3 Å². The van der Waals surface area contributed by atoms with Gasteiger partial charge < -0.3 is 20.8 Å². The fourth-order valence-corrected chi connectivity index (χ4v) is 3.42. The van der Waals surface area contributed by atoms with Crippen molar-refractivity contribution < 1.29 is 15.0 Å². The van der Waals surface area contributed by atoms with E-state index in [0.29, 0.717) is 18.2 Å². The molecule has 1 aromatic heterocycles. The fourth-order valence-electron chi connectivity index (χ4n) is 3.42. The Bertz CT molecular complexity index is 1020. The zero-order valence-corrected chi connectivity index (χ0v) is 18.7. The maximum atomic E-state index is 11.1. The second-order valence-electron chi connectivity index (χ2n) is 8.93. The number of nitrogens with one attached hydrogen (secondary N) is 3. The predicted octanol–water partition coefficient (Wildman–Crippen LogP) is 4.37. The molecule has 1 heterocycles. The first-order valence-electron chi connectivity index (χ1n) is 10.7. The average Bonchev–Trinajstić information content (AvgIpc) is 3.21. The van der Waals surface area contributed by atoms with Gasteiger partial charge in [-0.2, -0.15) is 4.98 Å². The lowest BCUT2D eigenvalue weighted by molar-refractivity contribution is 0.174. The van der Waals surface area contributed by atoms with Gasteiger partial charge in [0.25, 0.3) is 0 Å². The van der Waals surface area contributed by atoms with Crippen LogP contribution in [0.15, 0.2) is 48.5 Å². The molecule has 0 bridgehead atoms. The predicted molar refractivity (Wildman–Crippen MR) is 125 cm³/mol. The third kappa shape index (κ3) is 6.55. The number of aromatic nitrogens is 3. The Morgan fingerprint density at radius 2 is 1.88 bits per heavy atom. The molecule has 0 spiro atoms. The number of nitrogens with zero attached hydrogens (tertiary/aromatic N) is 2. The largest absolute Gasteiger partial charge is 0.465 e. The van der Waals surface area contributed by atoms with Crippen LogP contribution in [0.25, 0.3) is 11.4 Å². The van der Waals surface area contributed by atoms with E-state index < -0.39 is 6.09 Å². The van der Waals surface area contributed by atoms with Crippen LogP contribution in [0.2, 0.25) is 0 Å². The molecule has 8 nitrogen and oxygen atoms in total. The number of aryl methyl sites for hydroxylation is 1. The number of carboxylic acid groups (broad SMARTS) is 1. The first-order valence-corrected chi connectivity index (χ1v) is 10.7. The van der Waals surface area contributed by atoms with E-state index in [1.54, 1.807) is 0 Å². The van der Waals surface area contributed by atoms with Crippen LogP contribution < -0.4 is 10.6 Å². The molecule has 0 aliphatic carbocycles. The van der Waals surface area contributed by atoms with Gasteiger partial charge in [0.05, 0.1) is 0 Å². The first kappa shape index (κ1) is 23.3. The summed E-state index contributed by atoms with van der Waals surface area (Å²) in [7, 11) is 0. The Kier molecular flexibility index (Phi) is 7.48. The molecule has 170 valence electrons. The van der Waals surface area contributed by atoms with Crippen LogP contribution in [-0.4, -0.2) is 44.1 Å². The summed E-state index contributed by atoms with van der Waals surface area (Å²) in [5, 5.41) is 31.2. The molecule has 8 heteroatoms. The minimum absolute atomic E-state index is 0.173. The number of benzene rings is 2. The van der Waals surface area contributed by atoms with Crippen molar-refractivity contribution in [3.05, 3.63) is 59.7 Å². The van der Waals surface area contributed by atoms with Gasteiger partial charge in [-0.15, -0.1) is 5.10 Å². The van der Waals surface area contributed by atoms with Gasteiger partial charge in [0.15, 0.2) is 5.82 Å². The molecular formula is C24H31N5O3. The zero-order valence-electron chi connectivity index (χ0n) is 18.7. The van der Waals surface area contributed by atoms with Crippen molar-refractivity contribution in [3.63, 3.8) is 0 Å². The van der Waals surface area contributed by atoms with Crippen molar-refractivity contribution in [2.75, 3.05) is 11.9 Å². The quantitative estimate of drug-likeness (QED) is 0.339. The number of hydrogen-bond acceptors (Lipinski definition) is 5. The highest BCUT2D eigenvalue weighted by Gasteiger charge is 2.26. The first-order chi connectivity index (χ1) is 15.2. The van der Waals surface area contributed by atoms with Gasteiger partial charge >= 0.3 is 6.09 Å². The number of aromatic amines is 1. The minimum atomic E-state index is -1.01. The zero-order chi connectivity index (χ0) is 23.1. The van der Waals surface area contributed by atoms with E-state index in [0.717, 1.165) is 35.2 Å². The van der Waals surface area contributed by atoms with Crippen LogP contribution in [0.4, 0.5) is 16.4 Å². The number of amides is 1. The molecule has 0 saturated heterocycles. The molecule has 1 amide bonds. The molecule has 3 rings (SSSR count). The summed E-state index contributed by atoms with van der Waals surface area (Å²) in [4.78, 5) is 15.7. The molecule has 0 saturated carbocycles. The normalized spacial score (nSPS) is 12.4. The van der Waals surface area contributed by atoms with Gasteiger partial charge in [0.1, 0.15) is 0 Å². The van der Waals surface area contributed by atoms with Crippen LogP contribution in [-0.2, 0) is 12.8 Å². The fraction of sp³-hybridized carbons (Fsp3) is 0.375. The summed E-state index contributed by atoms with van der Waals surface area (Å²) in [5.74, 6) is 1.14. The number of hydrogen-bond donors (Lipinski definition) is 5. The second kappa shape index (κ2) is 10.3. The van der Waals surface area contributed by atoms with Gasteiger partial charge in [-0.3, -0.25) is 5.10 Å². The summed E-state index contributed by atoms with van der Waals surface area (Å²) in [6, 6.07) is 15.6. The van der Waals surface area contributed by atoms with Crippen LogP contribution in [0.5, 0.6) is 0 Å². The van der Waals surface area contributed by atoms with Gasteiger partial charge in [0.2, 0.25) is 5.95 Å². The van der Waals surface area contributed by atoms with E-state index in [1.165, 1.54) is 0 Å². The maximum absolute atomic E-state index is 11.1. The van der Waals surface area contributed by atoms with Crippen molar-refractivity contribution in [1.29, 1.82) is 0 Å². The summed E-state index contributed by atoms with van der Waals surface area (Å²) >= 11 is 0. The third-order valence-corrected chi connectivity index (χ3v) is 5.30. The molecule has 5 N–H and O–H groups in total. The highest BCUT2D eigenvalue weighted by atomic mass is 16.4. The Hall–Kier alpha value is -3.39. The summed E-state index contributed by atoms with van der Waals surface area (Å²) in [6.07, 6.45) is 1.13. The highest BCUT2D eigenvalue weighted by Crippen LogP contribution is 2.24. The van der Waals surface area contributed by atoms with E-state index in [1.807, 2.05) is 69.3 Å². The Balaban J connectivity index is 1.65. The molecule has 0 radical (unpaired) electrons. The molecule has 0 aliphatic rings. The topological polar surface area (TPSA) is 123 Å². The number of H-pyrrole nitrogens is 1. The standard InChI is InChI=1S/C24H31N5O3/c1-24(2,3)20(26-23(31)32)15-17-9-11-19(12-10-17)25-22-27-21(28-29-22)18-8-4-6-16(14-18)7-5-13-30/h4,6,8-12,14,20,26,30H,5,7,13,15H2,1-3H3,(H,31,32)(H2,25,27,28,29). The summed E-state index contributed by atoms with van der Waals surface area (Å²) < 4.78 is 0. The molecule has 1 atom stereocenters. The second-order valence-corrected chi connectivity index (χ2v) is 8.93. The minimum Gasteiger partial charge on any atom is -0.465 e. The van der Waals surface area contributed by atoms with E-state index >= 15 is 0 Å². The van der Waals surface area contributed by atoms with Crippen LogP contribution in [0.3, 0.4) is 0 Å². The SMILES string of the molecule is CC(C)(C)C(Cc1ccc(Nc2n[nH]c(-c3cccc(CCCO)c3)n2)cc1)NC(=O)O. The maximum Gasteiger partial charge on any atom is 0.404 e. The summed E-state index contributed by atoms with van der Waals surface area (Å²) in [6.45, 7) is 6.23. The Morgan fingerprint density at radius 1 is 1.12 bits per heavy atom. The molecule has 0 fully saturated rings. The van der Waals surface area contributed by atoms with Crippen molar-refractivity contribution in [2.45, 2.75) is 46.1 Å². The van der Waals surface area contributed by atoms with E-state index in [4.69, 9.17) is 10.2 Å². The lowest BCUT2D eigenvalue weighted by Gasteiger charge is -2.30. The molecule has 1 unspecified atom stereocenters. The number of aliphatic hydroxyl groups is 1. The molecule has 32 heavy (non-hydrogen) atoms. The van der Waals surface area contributed by atoms with Gasteiger partial charge in [-0.1, -0.05) is 51.1 Å². The smallest absolute Gasteiger partial charge is 0.404 e. The number of anilines is 2. The van der Waals surface area contributed by atoms with Gasteiger partial charge in [-0.25, -0.2) is 4.79 Å². The van der Waals surface area contributed by atoms with Crippen LogP contribution >= 0.6 is 0 Å². The number of aliphatic hydroxyl groups excluding tert-OH is 1. The van der Waals surface area contributed by atoms with E-state index in [-0.39, 0.29) is 18.1 Å². The monoisotopic (exact) mass is 437 g/mol. The van der Waals surface area contributed by atoms with Crippen molar-refractivity contribution in [1.82, 2.24) is 20.5 Å². The molecular weight excluding hydrogens is 406 g/mol. The lowest BCUT2D eigenvalue weighted by atomic mass is 9.83. The average molecular weight is 438 g/mol. The van der Waals surface area contributed by atoms with Gasteiger partial charge in [0, 0.05) is 23.9 Å². The Morgan fingerprint density at radius 3 is 2.53 bits per heavy atom. The van der Waals surface area contributed by atoms with Gasteiger partial charge in [-0.05, 0) is 54.0 Å². The highest BCUT2D eigenvalue weighted by molar-refractivity contribution is 5.65. The number of rotatable bonds is 9. The van der Waals surface area contributed by atoms with Crippen molar-refractivity contribution in [2.24, 2.45) is 5.41 Å². The molecule has 0 aliphatic heterocycles. The third-order valence-electron chi connectivity index (χ3n) is 5.30. The van der Waals surface area contributed by atoms with E-state index in [9.17, 15) is 4.79 Å². The van der Waals surface area contributed by atoms with E-state index in [2.05, 4.69) is 25.8 Å². The molecule has 2 aromatic carbocycles. The lowest BCUT2D eigenvalue weighted by Crippen LogP contribution is -2.44. The van der Waals surface area contributed by atoms with Crippen LogP contribution in [0, 0.1) is 5.41 Å². The Labute approximate surface area is 188 Å². The summed E-state index contributed by atoms with van der Waals surface area (Å²) in [5.41, 5.74) is 3.77. The number of carbonyl (C=O) groups is 1. The van der Waals surface area contributed by atoms with Crippen molar-refractivity contribution in [3.8, 4) is 11.4 Å². The van der Waals surface area contributed by atoms with Crippen molar-refractivity contribution >= 4 is 17.7 Å².